The maximum absolute atomic E-state index is 13.2. The third kappa shape index (κ3) is 3.90. The van der Waals surface area contributed by atoms with Crippen LogP contribution in [-0.4, -0.2) is 20.4 Å². The lowest BCUT2D eigenvalue weighted by atomic mass is 9.95. The molecule has 0 spiro atoms. The summed E-state index contributed by atoms with van der Waals surface area (Å²) in [5.74, 6) is 1.33. The highest BCUT2D eigenvalue weighted by molar-refractivity contribution is 6.01. The molecule has 1 fully saturated rings. The molecule has 1 aliphatic rings. The molecule has 0 saturated heterocycles. The molecule has 2 aromatic carbocycles. The van der Waals surface area contributed by atoms with E-state index in [1.807, 2.05) is 29.1 Å². The average Bonchev–Trinajstić information content (AvgIpc) is 3.42. The van der Waals surface area contributed by atoms with Crippen molar-refractivity contribution in [1.82, 2.24) is 14.5 Å². The molecule has 0 radical (unpaired) electrons. The van der Waals surface area contributed by atoms with Crippen LogP contribution in [0.4, 0.5) is 10.1 Å². The summed E-state index contributed by atoms with van der Waals surface area (Å²) in [5.41, 5.74) is 0.939. The number of ether oxygens (including phenoxy) is 1. The van der Waals surface area contributed by atoms with E-state index in [-0.39, 0.29) is 11.7 Å². The first kappa shape index (κ1) is 19.0. The van der Waals surface area contributed by atoms with Crippen molar-refractivity contribution in [1.29, 1.82) is 0 Å². The summed E-state index contributed by atoms with van der Waals surface area (Å²) in [5, 5.41) is 2.96. The van der Waals surface area contributed by atoms with Gasteiger partial charge in [0.15, 0.2) is 0 Å². The van der Waals surface area contributed by atoms with Gasteiger partial charge in [-0.1, -0.05) is 12.1 Å². The number of halogens is 1. The summed E-state index contributed by atoms with van der Waals surface area (Å²) in [6.07, 6.45) is 6.74. The van der Waals surface area contributed by atoms with E-state index in [9.17, 15) is 9.18 Å². The van der Waals surface area contributed by atoms with E-state index in [0.29, 0.717) is 23.1 Å². The molecule has 7 heteroatoms. The number of carbonyl (C=O) groups excluding carboxylic acids is 1. The Labute approximate surface area is 178 Å². The van der Waals surface area contributed by atoms with Crippen molar-refractivity contribution in [3.63, 3.8) is 0 Å². The van der Waals surface area contributed by atoms with Crippen molar-refractivity contribution in [2.45, 2.75) is 18.3 Å². The van der Waals surface area contributed by atoms with Crippen LogP contribution in [0.25, 0.3) is 5.82 Å². The molecule has 0 atom stereocenters. The molecule has 1 N–H and O–H groups in total. The third-order valence-corrected chi connectivity index (χ3v) is 5.41. The van der Waals surface area contributed by atoms with Crippen molar-refractivity contribution in [2.75, 3.05) is 5.32 Å². The quantitative estimate of drug-likeness (QED) is 0.489. The smallest absolute Gasteiger partial charge is 0.235 e. The Bertz CT molecular complexity index is 1200. The van der Waals surface area contributed by atoms with Crippen LogP contribution in [0.15, 0.2) is 85.5 Å². The predicted octanol–water partition coefficient (Wildman–Crippen LogP) is 4.87. The Balaban J connectivity index is 1.26. The Morgan fingerprint density at radius 3 is 2.39 bits per heavy atom. The van der Waals surface area contributed by atoms with E-state index in [0.717, 1.165) is 18.4 Å². The summed E-state index contributed by atoms with van der Waals surface area (Å²) >= 11 is 0. The van der Waals surface area contributed by atoms with Crippen molar-refractivity contribution >= 4 is 11.6 Å². The second kappa shape index (κ2) is 7.68. The number of aromatic nitrogens is 3. The van der Waals surface area contributed by atoms with E-state index in [2.05, 4.69) is 15.3 Å². The first-order valence-electron chi connectivity index (χ1n) is 9.93. The van der Waals surface area contributed by atoms with E-state index in [4.69, 9.17) is 4.74 Å². The van der Waals surface area contributed by atoms with Crippen LogP contribution in [0.3, 0.4) is 0 Å². The monoisotopic (exact) mass is 414 g/mol. The molecular formula is C24H19FN4O2. The van der Waals surface area contributed by atoms with Crippen LogP contribution >= 0.6 is 0 Å². The molecule has 2 heterocycles. The topological polar surface area (TPSA) is 69.0 Å². The van der Waals surface area contributed by atoms with Gasteiger partial charge < -0.3 is 14.6 Å². The molecule has 2 aromatic heterocycles. The fourth-order valence-corrected chi connectivity index (χ4v) is 3.53. The number of nitrogens with one attached hydrogen (secondary N) is 1. The number of hydrogen-bond acceptors (Lipinski definition) is 4. The fourth-order valence-electron chi connectivity index (χ4n) is 3.53. The van der Waals surface area contributed by atoms with Gasteiger partial charge in [-0.3, -0.25) is 4.79 Å². The lowest BCUT2D eigenvalue weighted by Gasteiger charge is -2.16. The standard InChI is InChI=1S/C24H19FN4O2/c25-18-5-3-17(4-6-18)24(11-12-24)23(30)28-19-7-9-20(10-8-19)31-22-15-21(26-16-27-22)29-13-1-2-14-29/h1-10,13-16H,11-12H2,(H,28,30). The number of carbonyl (C=O) groups is 1. The number of hydrogen-bond donors (Lipinski definition) is 1. The van der Waals surface area contributed by atoms with E-state index >= 15 is 0 Å². The van der Waals surface area contributed by atoms with Crippen LogP contribution in [0.2, 0.25) is 0 Å². The van der Waals surface area contributed by atoms with Crippen LogP contribution in [0, 0.1) is 5.82 Å². The normalized spacial score (nSPS) is 14.1. The largest absolute Gasteiger partial charge is 0.439 e. The number of benzene rings is 2. The zero-order valence-electron chi connectivity index (χ0n) is 16.5. The van der Waals surface area contributed by atoms with Gasteiger partial charge >= 0.3 is 0 Å². The minimum absolute atomic E-state index is 0.0834. The molecule has 31 heavy (non-hydrogen) atoms. The van der Waals surface area contributed by atoms with Gasteiger partial charge in [0.05, 0.1) is 5.41 Å². The maximum atomic E-state index is 13.2. The zero-order valence-corrected chi connectivity index (χ0v) is 16.5. The average molecular weight is 414 g/mol. The zero-order chi connectivity index (χ0) is 21.3. The van der Waals surface area contributed by atoms with Crippen molar-refractivity contribution in [3.05, 3.63) is 96.8 Å². The SMILES string of the molecule is O=C(Nc1ccc(Oc2cc(-n3cccc3)ncn2)cc1)C1(c2ccc(F)cc2)CC1. The summed E-state index contributed by atoms with van der Waals surface area (Å²) in [6, 6.07) is 18.8. The molecule has 1 aliphatic carbocycles. The van der Waals surface area contributed by atoms with Gasteiger partial charge in [0.2, 0.25) is 11.8 Å². The highest BCUT2D eigenvalue weighted by atomic mass is 19.1. The Morgan fingerprint density at radius 2 is 1.71 bits per heavy atom. The summed E-state index contributed by atoms with van der Waals surface area (Å²) in [7, 11) is 0. The van der Waals surface area contributed by atoms with Gasteiger partial charge in [-0.05, 0) is 66.9 Å². The number of anilines is 1. The van der Waals surface area contributed by atoms with E-state index in [1.165, 1.54) is 18.5 Å². The van der Waals surface area contributed by atoms with E-state index < -0.39 is 5.41 Å². The summed E-state index contributed by atoms with van der Waals surface area (Å²) in [4.78, 5) is 21.2. The van der Waals surface area contributed by atoms with Crippen molar-refractivity contribution in [2.24, 2.45) is 0 Å². The minimum atomic E-state index is -0.571. The van der Waals surface area contributed by atoms with Gasteiger partial charge in [-0.15, -0.1) is 0 Å². The van der Waals surface area contributed by atoms with Gasteiger partial charge in [-0.25, -0.2) is 14.4 Å². The Hall–Kier alpha value is -4.00. The third-order valence-electron chi connectivity index (χ3n) is 5.41. The molecule has 6 nitrogen and oxygen atoms in total. The van der Waals surface area contributed by atoms with Gasteiger partial charge in [0.25, 0.3) is 0 Å². The minimum Gasteiger partial charge on any atom is -0.439 e. The lowest BCUT2D eigenvalue weighted by molar-refractivity contribution is -0.118. The summed E-state index contributed by atoms with van der Waals surface area (Å²) in [6.45, 7) is 0. The molecule has 0 aliphatic heterocycles. The predicted molar refractivity (Wildman–Crippen MR) is 114 cm³/mol. The van der Waals surface area contributed by atoms with Crippen LogP contribution in [0.1, 0.15) is 18.4 Å². The highest BCUT2D eigenvalue weighted by Gasteiger charge is 2.51. The molecule has 4 aromatic rings. The van der Waals surface area contributed by atoms with Crippen molar-refractivity contribution in [3.8, 4) is 17.4 Å². The van der Waals surface area contributed by atoms with Crippen LogP contribution in [-0.2, 0) is 10.2 Å². The van der Waals surface area contributed by atoms with E-state index in [1.54, 1.807) is 42.5 Å². The van der Waals surface area contributed by atoms with Gasteiger partial charge in [0.1, 0.15) is 23.7 Å². The lowest BCUT2D eigenvalue weighted by Crippen LogP contribution is -2.27. The van der Waals surface area contributed by atoms with Crippen LogP contribution < -0.4 is 10.1 Å². The molecule has 0 unspecified atom stereocenters. The number of nitrogens with zero attached hydrogens (tertiary/aromatic N) is 3. The molecule has 1 saturated carbocycles. The molecule has 154 valence electrons. The molecule has 1 amide bonds. The second-order valence-corrected chi connectivity index (χ2v) is 7.47. The maximum Gasteiger partial charge on any atom is 0.235 e. The highest BCUT2D eigenvalue weighted by Crippen LogP contribution is 2.49. The first-order valence-corrected chi connectivity index (χ1v) is 9.93. The molecule has 5 rings (SSSR count). The number of amides is 1. The van der Waals surface area contributed by atoms with Gasteiger partial charge in [-0.2, -0.15) is 0 Å². The summed E-state index contributed by atoms with van der Waals surface area (Å²) < 4.78 is 20.9. The van der Waals surface area contributed by atoms with Crippen molar-refractivity contribution < 1.29 is 13.9 Å². The Kier molecular flexibility index (Phi) is 4.71. The second-order valence-electron chi connectivity index (χ2n) is 7.47. The van der Waals surface area contributed by atoms with Gasteiger partial charge in [0, 0.05) is 24.1 Å². The molecule has 0 bridgehead atoms. The Morgan fingerprint density at radius 1 is 1.00 bits per heavy atom. The fraction of sp³-hybridized carbons (Fsp3) is 0.125. The molecular weight excluding hydrogens is 395 g/mol. The first-order chi connectivity index (χ1) is 15.1. The van der Waals surface area contributed by atoms with Crippen LogP contribution in [0.5, 0.6) is 11.6 Å². The number of rotatable bonds is 6.